The molecule has 1 heterocycles. The summed E-state index contributed by atoms with van der Waals surface area (Å²) in [6.45, 7) is 2.95. The monoisotopic (exact) mass is 875 g/mol. The number of likely N-dealkylation sites (tertiary alicyclic amines) is 1. The van der Waals surface area contributed by atoms with Gasteiger partial charge in [-0.2, -0.15) is 0 Å². The van der Waals surface area contributed by atoms with Crippen molar-refractivity contribution in [3.05, 3.63) is 192 Å². The quantitative estimate of drug-likeness (QED) is 0.0537. The third-order valence-corrected chi connectivity index (χ3v) is 14.1. The van der Waals surface area contributed by atoms with Crippen LogP contribution in [0.25, 0.3) is 0 Å². The fourth-order valence-electron chi connectivity index (χ4n) is 11.6. The van der Waals surface area contributed by atoms with Gasteiger partial charge in [0.25, 0.3) is 0 Å². The van der Waals surface area contributed by atoms with Crippen molar-refractivity contribution in [3.8, 4) is 0 Å². The van der Waals surface area contributed by atoms with Crippen molar-refractivity contribution in [2.24, 2.45) is 23.2 Å². The van der Waals surface area contributed by atoms with Gasteiger partial charge < -0.3 is 28.4 Å². The summed E-state index contributed by atoms with van der Waals surface area (Å²) >= 11 is 0. The van der Waals surface area contributed by atoms with Crippen LogP contribution < -0.4 is 0 Å². The molecule has 4 bridgehead atoms. The molecule has 0 spiro atoms. The summed E-state index contributed by atoms with van der Waals surface area (Å²) in [6.07, 6.45) is 10.6. The minimum absolute atomic E-state index is 0.119. The molecule has 0 unspecified atom stereocenters. The second-order valence-corrected chi connectivity index (χ2v) is 19.0. The Balaban J connectivity index is 1.04. The number of carbonyl (C=O) groups is 1. The zero-order chi connectivity index (χ0) is 44.1. The molecule has 0 aromatic heterocycles. The van der Waals surface area contributed by atoms with Gasteiger partial charge in [-0.25, -0.2) is 4.79 Å². The number of carbonyl (C=O) groups excluding carboxylic acids is 1. The van der Waals surface area contributed by atoms with E-state index in [9.17, 15) is 0 Å². The van der Waals surface area contributed by atoms with Crippen molar-refractivity contribution in [3.63, 3.8) is 0 Å². The van der Waals surface area contributed by atoms with Crippen molar-refractivity contribution < 1.29 is 33.2 Å². The fourth-order valence-corrected chi connectivity index (χ4v) is 11.6. The Hall–Kier alpha value is -5.09. The lowest BCUT2D eigenvalue weighted by atomic mass is 9.50. The number of benzene rings is 5. The van der Waals surface area contributed by atoms with Crippen LogP contribution in [0.5, 0.6) is 0 Å². The first-order chi connectivity index (χ1) is 32.1. The normalized spacial score (nSPS) is 27.0. The molecule has 1 saturated heterocycles. The van der Waals surface area contributed by atoms with Crippen LogP contribution in [0.2, 0.25) is 0 Å². The van der Waals surface area contributed by atoms with E-state index in [4.69, 9.17) is 28.4 Å². The van der Waals surface area contributed by atoms with Gasteiger partial charge in [-0.05, 0) is 95.9 Å². The molecule has 5 aromatic rings. The summed E-state index contributed by atoms with van der Waals surface area (Å²) in [5.74, 6) is 2.65. The summed E-state index contributed by atoms with van der Waals surface area (Å²) in [5.41, 5.74) is 5.35. The summed E-state index contributed by atoms with van der Waals surface area (Å²) < 4.78 is 40.6. The van der Waals surface area contributed by atoms with Gasteiger partial charge in [-0.15, -0.1) is 0 Å². The molecular formula is C57H65NO7. The SMILES string of the molecule is O=C(OCc1ccccc1)N1[C@H](C/C=C/COCC23CC4CC(CC(C4)C2)C3)[C@H](OCc2ccccc2)[C@@H](OCc2ccccc2)[C@H](OCc2ccccc2)[C@H]1COCc1ccccc1. The maximum Gasteiger partial charge on any atom is 0.410 e. The maximum atomic E-state index is 15.0. The summed E-state index contributed by atoms with van der Waals surface area (Å²) in [7, 11) is 0. The van der Waals surface area contributed by atoms with E-state index in [2.05, 4.69) is 48.6 Å². The Morgan fingerprint density at radius 3 is 1.38 bits per heavy atom. The highest BCUT2D eigenvalue weighted by Crippen LogP contribution is 2.60. The second-order valence-electron chi connectivity index (χ2n) is 19.0. The van der Waals surface area contributed by atoms with Gasteiger partial charge >= 0.3 is 6.09 Å². The van der Waals surface area contributed by atoms with Crippen LogP contribution in [0, 0.1) is 23.2 Å². The highest BCUT2D eigenvalue weighted by molar-refractivity contribution is 5.69. The zero-order valence-corrected chi connectivity index (χ0v) is 37.6. The smallest absolute Gasteiger partial charge is 0.410 e. The molecule has 5 atom stereocenters. The van der Waals surface area contributed by atoms with Gasteiger partial charge in [-0.3, -0.25) is 4.90 Å². The van der Waals surface area contributed by atoms with E-state index in [-0.39, 0.29) is 13.2 Å². The van der Waals surface area contributed by atoms with Crippen LogP contribution in [0.4, 0.5) is 4.79 Å². The van der Waals surface area contributed by atoms with E-state index >= 15 is 4.79 Å². The topological polar surface area (TPSA) is 75.7 Å². The van der Waals surface area contributed by atoms with Crippen LogP contribution in [-0.4, -0.2) is 61.2 Å². The first-order valence-electron chi connectivity index (χ1n) is 23.9. The van der Waals surface area contributed by atoms with Crippen LogP contribution in [-0.2, 0) is 61.5 Å². The molecular weight excluding hydrogens is 811 g/mol. The van der Waals surface area contributed by atoms with E-state index in [0.717, 1.165) is 52.2 Å². The molecule has 8 nitrogen and oxygen atoms in total. The molecule has 8 heteroatoms. The zero-order valence-electron chi connectivity index (χ0n) is 37.6. The molecule has 4 aliphatic carbocycles. The van der Waals surface area contributed by atoms with E-state index < -0.39 is 36.5 Å². The van der Waals surface area contributed by atoms with Crippen molar-refractivity contribution >= 4 is 6.09 Å². The van der Waals surface area contributed by atoms with Gasteiger partial charge in [-0.1, -0.05) is 164 Å². The molecule has 4 saturated carbocycles. The van der Waals surface area contributed by atoms with Crippen molar-refractivity contribution in [2.45, 2.75) is 108 Å². The summed E-state index contributed by atoms with van der Waals surface area (Å²) in [4.78, 5) is 16.9. The van der Waals surface area contributed by atoms with Crippen LogP contribution in [0.15, 0.2) is 164 Å². The maximum absolute atomic E-state index is 15.0. The standard InChI is InChI=1S/C57H65NO7/c59-56(65-40-47-26-14-5-15-27-47)58-51(28-16-17-29-60-42-57-33-48-30-49(34-57)32-50(31-48)35-57)53(62-37-44-20-8-2-9-21-44)55(64-39-46-24-12-4-13-25-46)54(63-38-45-22-10-3-11-23-45)52(58)41-61-36-43-18-6-1-7-19-43/h1-27,48-55H,28-42H2/b17-16+/t48?,49?,50?,51-,52-,53+,54-,55-,57?/m1/s1. The number of amides is 1. The molecule has 340 valence electrons. The van der Waals surface area contributed by atoms with E-state index in [0.29, 0.717) is 44.9 Å². The van der Waals surface area contributed by atoms with Gasteiger partial charge in [0, 0.05) is 0 Å². The number of hydrogen-bond acceptors (Lipinski definition) is 7. The molecule has 0 radical (unpaired) electrons. The van der Waals surface area contributed by atoms with E-state index in [1.165, 1.54) is 38.5 Å². The van der Waals surface area contributed by atoms with Crippen LogP contribution in [0.1, 0.15) is 72.8 Å². The number of nitrogens with zero attached hydrogens (tertiary/aromatic N) is 1. The Morgan fingerprint density at radius 2 is 0.908 bits per heavy atom. The van der Waals surface area contributed by atoms with E-state index in [1.54, 1.807) is 0 Å². The lowest BCUT2D eigenvalue weighted by molar-refractivity contribution is -0.222. The minimum atomic E-state index is -0.663. The number of rotatable bonds is 21. The van der Waals surface area contributed by atoms with Gasteiger partial charge in [0.05, 0.1) is 58.3 Å². The Bertz CT molecular complexity index is 2170. The molecule has 10 rings (SSSR count). The first kappa shape index (κ1) is 45.1. The first-order valence-corrected chi connectivity index (χ1v) is 23.9. The van der Waals surface area contributed by atoms with Crippen molar-refractivity contribution in [1.82, 2.24) is 4.90 Å². The predicted molar refractivity (Wildman–Crippen MR) is 252 cm³/mol. The third-order valence-electron chi connectivity index (χ3n) is 14.1. The highest BCUT2D eigenvalue weighted by Gasteiger charge is 2.54. The molecule has 5 aromatic carbocycles. The van der Waals surface area contributed by atoms with Gasteiger partial charge in [0.15, 0.2) is 0 Å². The average Bonchev–Trinajstić information content (AvgIpc) is 3.34. The average molecular weight is 876 g/mol. The molecule has 1 aliphatic heterocycles. The highest BCUT2D eigenvalue weighted by atomic mass is 16.6. The van der Waals surface area contributed by atoms with Gasteiger partial charge in [0.1, 0.15) is 24.9 Å². The van der Waals surface area contributed by atoms with Gasteiger partial charge in [0.2, 0.25) is 0 Å². The van der Waals surface area contributed by atoms with Crippen LogP contribution >= 0.6 is 0 Å². The Kier molecular flexibility index (Phi) is 15.5. The second kappa shape index (κ2) is 22.4. The number of hydrogen-bond donors (Lipinski definition) is 0. The molecule has 0 N–H and O–H groups in total. The van der Waals surface area contributed by atoms with Crippen molar-refractivity contribution in [2.75, 3.05) is 19.8 Å². The third kappa shape index (κ3) is 12.0. The lowest BCUT2D eigenvalue weighted by Crippen LogP contribution is -2.70. The Morgan fingerprint density at radius 1 is 0.492 bits per heavy atom. The largest absolute Gasteiger partial charge is 0.445 e. The predicted octanol–water partition coefficient (Wildman–Crippen LogP) is 11.5. The molecule has 65 heavy (non-hydrogen) atoms. The van der Waals surface area contributed by atoms with Crippen LogP contribution in [0.3, 0.4) is 0 Å². The Labute approximate surface area is 385 Å². The summed E-state index contributed by atoms with van der Waals surface area (Å²) in [5, 5.41) is 0. The molecule has 1 amide bonds. The number of piperidine rings is 1. The van der Waals surface area contributed by atoms with Crippen molar-refractivity contribution in [1.29, 1.82) is 0 Å². The van der Waals surface area contributed by atoms with E-state index in [1.807, 2.05) is 120 Å². The minimum Gasteiger partial charge on any atom is -0.445 e. The fraction of sp³-hybridized carbons (Fsp3) is 0.421. The summed E-state index contributed by atoms with van der Waals surface area (Å²) in [6, 6.07) is 49.3. The molecule has 5 aliphatic rings. The molecule has 5 fully saturated rings. The lowest BCUT2D eigenvalue weighted by Gasteiger charge is -2.56. The number of ether oxygens (including phenoxy) is 6.